The van der Waals surface area contributed by atoms with Gasteiger partial charge in [0.15, 0.2) is 0 Å². The number of rotatable bonds is 4. The van der Waals surface area contributed by atoms with Gasteiger partial charge in [0.05, 0.1) is 17.5 Å². The van der Waals surface area contributed by atoms with Crippen LogP contribution in [0.1, 0.15) is 11.1 Å². The molecule has 136 valence electrons. The third-order valence-corrected chi connectivity index (χ3v) is 5.28. The zero-order valence-corrected chi connectivity index (χ0v) is 15.5. The first kappa shape index (κ1) is 17.6. The molecule has 2 heterocycles. The fraction of sp³-hybridized carbons (Fsp3) is 0.136. The number of ether oxygens (including phenoxy) is 1. The third kappa shape index (κ3) is 3.06. The van der Waals surface area contributed by atoms with E-state index in [1.165, 1.54) is 6.07 Å². The van der Waals surface area contributed by atoms with E-state index in [4.69, 9.17) is 16.3 Å². The maximum Gasteiger partial charge on any atom is 0.137 e. The SMILES string of the molecule is COc1ccc(C2(c3ccc(F)c(-c4cccnc4)c3)C=CNC2)cc1Cl. The van der Waals surface area contributed by atoms with Crippen LogP contribution in [-0.4, -0.2) is 18.6 Å². The zero-order valence-electron chi connectivity index (χ0n) is 14.7. The first-order valence-corrected chi connectivity index (χ1v) is 8.97. The van der Waals surface area contributed by atoms with Gasteiger partial charge in [-0.1, -0.05) is 35.9 Å². The number of nitrogens with one attached hydrogen (secondary N) is 1. The van der Waals surface area contributed by atoms with Gasteiger partial charge in [-0.05, 0) is 47.7 Å². The Morgan fingerprint density at radius 1 is 1.15 bits per heavy atom. The fourth-order valence-corrected chi connectivity index (χ4v) is 3.79. The summed E-state index contributed by atoms with van der Waals surface area (Å²) in [5.41, 5.74) is 2.82. The third-order valence-electron chi connectivity index (χ3n) is 4.99. The van der Waals surface area contributed by atoms with Crippen molar-refractivity contribution in [3.05, 3.63) is 95.2 Å². The number of halogens is 2. The fourth-order valence-electron chi connectivity index (χ4n) is 3.53. The molecule has 0 bridgehead atoms. The van der Waals surface area contributed by atoms with Crippen LogP contribution < -0.4 is 10.1 Å². The van der Waals surface area contributed by atoms with Gasteiger partial charge in [-0.2, -0.15) is 0 Å². The van der Waals surface area contributed by atoms with Crippen molar-refractivity contribution < 1.29 is 9.13 Å². The van der Waals surface area contributed by atoms with Crippen LogP contribution in [0, 0.1) is 5.82 Å². The van der Waals surface area contributed by atoms with Crippen molar-refractivity contribution in [3.63, 3.8) is 0 Å². The van der Waals surface area contributed by atoms with Crippen LogP contribution in [0.5, 0.6) is 5.75 Å². The van der Waals surface area contributed by atoms with Crippen molar-refractivity contribution >= 4 is 11.6 Å². The minimum atomic E-state index is -0.444. The molecule has 1 atom stereocenters. The van der Waals surface area contributed by atoms with Gasteiger partial charge >= 0.3 is 0 Å². The van der Waals surface area contributed by atoms with E-state index in [1.54, 1.807) is 25.6 Å². The molecule has 1 N–H and O–H groups in total. The van der Waals surface area contributed by atoms with Crippen LogP contribution in [-0.2, 0) is 5.41 Å². The Bertz CT molecular complexity index is 1010. The molecule has 27 heavy (non-hydrogen) atoms. The van der Waals surface area contributed by atoms with E-state index < -0.39 is 5.41 Å². The second-order valence-corrected chi connectivity index (χ2v) is 6.88. The van der Waals surface area contributed by atoms with Crippen molar-refractivity contribution in [3.8, 4) is 16.9 Å². The number of aromatic nitrogens is 1. The lowest BCUT2D eigenvalue weighted by atomic mass is 9.75. The van der Waals surface area contributed by atoms with Crippen molar-refractivity contribution in [2.75, 3.05) is 13.7 Å². The number of hydrogen-bond donors (Lipinski definition) is 1. The Hall–Kier alpha value is -2.85. The molecule has 3 aromatic rings. The summed E-state index contributed by atoms with van der Waals surface area (Å²) in [5, 5.41) is 3.82. The first-order valence-electron chi connectivity index (χ1n) is 8.59. The van der Waals surface area contributed by atoms with E-state index in [2.05, 4.69) is 16.4 Å². The van der Waals surface area contributed by atoms with Crippen LogP contribution >= 0.6 is 11.6 Å². The summed E-state index contributed by atoms with van der Waals surface area (Å²) in [4.78, 5) is 4.11. The lowest BCUT2D eigenvalue weighted by Gasteiger charge is -2.29. The van der Waals surface area contributed by atoms with Gasteiger partial charge in [0.1, 0.15) is 11.6 Å². The highest BCUT2D eigenvalue weighted by atomic mass is 35.5. The Labute approximate surface area is 162 Å². The Morgan fingerprint density at radius 3 is 2.63 bits per heavy atom. The van der Waals surface area contributed by atoms with Gasteiger partial charge in [-0.15, -0.1) is 0 Å². The topological polar surface area (TPSA) is 34.1 Å². The molecule has 3 nitrogen and oxygen atoms in total. The largest absolute Gasteiger partial charge is 0.495 e. The lowest BCUT2D eigenvalue weighted by molar-refractivity contribution is 0.414. The second kappa shape index (κ2) is 7.05. The van der Waals surface area contributed by atoms with E-state index in [0.717, 1.165) is 16.7 Å². The number of benzene rings is 2. The van der Waals surface area contributed by atoms with Gasteiger partial charge in [-0.3, -0.25) is 4.98 Å². The molecule has 1 aliphatic rings. The van der Waals surface area contributed by atoms with Crippen LogP contribution in [0.15, 0.2) is 73.2 Å². The Kier molecular flexibility index (Phi) is 4.58. The highest BCUT2D eigenvalue weighted by molar-refractivity contribution is 6.32. The molecule has 5 heteroatoms. The molecule has 1 aliphatic heterocycles. The maximum absolute atomic E-state index is 14.5. The minimum Gasteiger partial charge on any atom is -0.495 e. The number of methoxy groups -OCH3 is 1. The molecule has 1 aromatic heterocycles. The minimum absolute atomic E-state index is 0.274. The number of pyridine rings is 1. The molecule has 0 amide bonds. The number of nitrogens with zero attached hydrogens (tertiary/aromatic N) is 1. The van der Waals surface area contributed by atoms with E-state index >= 15 is 0 Å². The monoisotopic (exact) mass is 380 g/mol. The lowest BCUT2D eigenvalue weighted by Crippen LogP contribution is -2.31. The van der Waals surface area contributed by atoms with Crippen LogP contribution in [0.4, 0.5) is 4.39 Å². The summed E-state index contributed by atoms with van der Waals surface area (Å²) in [5.74, 6) is 0.352. The Morgan fingerprint density at radius 2 is 1.96 bits per heavy atom. The molecule has 0 radical (unpaired) electrons. The van der Waals surface area contributed by atoms with Crippen LogP contribution in [0.25, 0.3) is 11.1 Å². The van der Waals surface area contributed by atoms with Gasteiger partial charge in [-0.25, -0.2) is 4.39 Å². The van der Waals surface area contributed by atoms with Gasteiger partial charge in [0, 0.05) is 30.1 Å². The van der Waals surface area contributed by atoms with E-state index in [-0.39, 0.29) is 5.82 Å². The number of hydrogen-bond acceptors (Lipinski definition) is 3. The second-order valence-electron chi connectivity index (χ2n) is 6.47. The molecule has 0 saturated heterocycles. The molecule has 4 rings (SSSR count). The summed E-state index contributed by atoms with van der Waals surface area (Å²) >= 11 is 6.37. The standard InChI is InChI=1S/C22H18ClFN2O/c1-27-21-7-5-17(12-19(21)23)22(8-10-26-14-22)16-4-6-20(24)18(11-16)15-3-2-9-25-13-15/h2-13,26H,14H2,1H3. The molecule has 2 aromatic carbocycles. The molecule has 0 aliphatic carbocycles. The quantitative estimate of drug-likeness (QED) is 0.695. The average molecular weight is 381 g/mol. The Balaban J connectivity index is 1.86. The summed E-state index contributed by atoms with van der Waals surface area (Å²) < 4.78 is 19.8. The maximum atomic E-state index is 14.5. The van der Waals surface area contributed by atoms with Crippen LogP contribution in [0.3, 0.4) is 0 Å². The molecule has 0 fully saturated rings. The normalized spacial score (nSPS) is 18.3. The summed E-state index contributed by atoms with van der Waals surface area (Å²) in [7, 11) is 1.59. The molecular formula is C22H18ClFN2O. The van der Waals surface area contributed by atoms with E-state index in [0.29, 0.717) is 22.9 Å². The van der Waals surface area contributed by atoms with Crippen LogP contribution in [0.2, 0.25) is 5.02 Å². The average Bonchev–Trinajstić information content (AvgIpc) is 3.20. The summed E-state index contributed by atoms with van der Waals surface area (Å²) in [6, 6.07) is 14.6. The van der Waals surface area contributed by atoms with Gasteiger partial charge in [0.25, 0.3) is 0 Å². The predicted molar refractivity (Wildman–Crippen MR) is 106 cm³/mol. The first-order chi connectivity index (χ1) is 13.1. The van der Waals surface area contributed by atoms with Gasteiger partial charge < -0.3 is 10.1 Å². The van der Waals surface area contributed by atoms with Crippen molar-refractivity contribution in [2.24, 2.45) is 0 Å². The smallest absolute Gasteiger partial charge is 0.137 e. The molecular weight excluding hydrogens is 363 g/mol. The van der Waals surface area contributed by atoms with Crippen molar-refractivity contribution in [1.82, 2.24) is 10.3 Å². The van der Waals surface area contributed by atoms with E-state index in [1.807, 2.05) is 42.6 Å². The highest BCUT2D eigenvalue weighted by Crippen LogP contribution is 2.40. The summed E-state index contributed by atoms with van der Waals surface area (Å²) in [6.07, 6.45) is 7.36. The highest BCUT2D eigenvalue weighted by Gasteiger charge is 2.35. The molecule has 0 saturated carbocycles. The summed E-state index contributed by atoms with van der Waals surface area (Å²) in [6.45, 7) is 0.660. The van der Waals surface area contributed by atoms with E-state index in [9.17, 15) is 4.39 Å². The van der Waals surface area contributed by atoms with Gasteiger partial charge in [0.2, 0.25) is 0 Å². The van der Waals surface area contributed by atoms with Crippen molar-refractivity contribution in [2.45, 2.75) is 5.41 Å². The zero-order chi connectivity index (χ0) is 18.9. The van der Waals surface area contributed by atoms with Crippen molar-refractivity contribution in [1.29, 1.82) is 0 Å². The predicted octanol–water partition coefficient (Wildman–Crippen LogP) is 4.95. The molecule has 0 spiro atoms. The molecule has 1 unspecified atom stereocenters.